The van der Waals surface area contributed by atoms with E-state index in [2.05, 4.69) is 50.4 Å². The molecule has 0 aliphatic heterocycles. The average molecular weight is 294 g/mol. The summed E-state index contributed by atoms with van der Waals surface area (Å²) < 4.78 is 0. The second-order valence-electron chi connectivity index (χ2n) is 5.75. The van der Waals surface area contributed by atoms with Crippen LogP contribution in [-0.4, -0.2) is 0 Å². The Bertz CT molecular complexity index is 522. The van der Waals surface area contributed by atoms with E-state index in [1.165, 1.54) is 15.3 Å². The monoisotopic (exact) mass is 293 g/mol. The van der Waals surface area contributed by atoms with Crippen molar-refractivity contribution in [1.29, 1.82) is 0 Å². The standard InChI is InChI=1S/C16H20ClNS/c1-16(2,3)15-9-8-14(19-15)11-18-10-12-4-6-13(17)7-5-12/h4-9,18H,10-11H2,1-3H3. The zero-order valence-electron chi connectivity index (χ0n) is 11.7. The van der Waals surface area contributed by atoms with E-state index in [0.29, 0.717) is 0 Å². The van der Waals surface area contributed by atoms with Crippen LogP contribution in [0.1, 0.15) is 36.1 Å². The topological polar surface area (TPSA) is 12.0 Å². The number of rotatable bonds is 4. The molecule has 2 rings (SSSR count). The normalized spacial score (nSPS) is 11.8. The van der Waals surface area contributed by atoms with Crippen LogP contribution in [0.15, 0.2) is 36.4 Å². The first kappa shape index (κ1) is 14.6. The van der Waals surface area contributed by atoms with Gasteiger partial charge in [-0.05, 0) is 35.2 Å². The summed E-state index contributed by atoms with van der Waals surface area (Å²) in [7, 11) is 0. The van der Waals surface area contributed by atoms with E-state index in [1.54, 1.807) is 0 Å². The lowest BCUT2D eigenvalue weighted by Gasteiger charge is -2.15. The molecule has 3 heteroatoms. The van der Waals surface area contributed by atoms with Gasteiger partial charge in [-0.25, -0.2) is 0 Å². The SMILES string of the molecule is CC(C)(C)c1ccc(CNCc2ccc(Cl)cc2)s1. The minimum atomic E-state index is 0.249. The van der Waals surface area contributed by atoms with Crippen LogP contribution in [0.25, 0.3) is 0 Å². The van der Waals surface area contributed by atoms with E-state index in [4.69, 9.17) is 11.6 Å². The van der Waals surface area contributed by atoms with E-state index in [1.807, 2.05) is 23.5 Å². The maximum absolute atomic E-state index is 5.87. The first-order valence-corrected chi connectivity index (χ1v) is 7.69. The van der Waals surface area contributed by atoms with Gasteiger partial charge in [-0.1, -0.05) is 44.5 Å². The molecule has 1 heterocycles. The summed E-state index contributed by atoms with van der Waals surface area (Å²) in [4.78, 5) is 2.83. The third-order valence-corrected chi connectivity index (χ3v) is 4.71. The molecule has 1 aromatic heterocycles. The zero-order valence-corrected chi connectivity index (χ0v) is 13.2. The average Bonchev–Trinajstić information content (AvgIpc) is 2.80. The van der Waals surface area contributed by atoms with Crippen molar-refractivity contribution < 1.29 is 0 Å². The quantitative estimate of drug-likeness (QED) is 0.837. The van der Waals surface area contributed by atoms with E-state index < -0.39 is 0 Å². The van der Waals surface area contributed by atoms with Gasteiger partial charge in [0.2, 0.25) is 0 Å². The van der Waals surface area contributed by atoms with Crippen molar-refractivity contribution in [3.63, 3.8) is 0 Å². The number of nitrogens with one attached hydrogen (secondary N) is 1. The lowest BCUT2D eigenvalue weighted by molar-refractivity contribution is 0.604. The second kappa shape index (κ2) is 6.08. The van der Waals surface area contributed by atoms with Gasteiger partial charge in [-0.3, -0.25) is 0 Å². The summed E-state index contributed by atoms with van der Waals surface area (Å²) >= 11 is 7.76. The lowest BCUT2D eigenvalue weighted by Crippen LogP contribution is -2.11. The summed E-state index contributed by atoms with van der Waals surface area (Å²) in [5.41, 5.74) is 1.51. The van der Waals surface area contributed by atoms with Gasteiger partial charge in [-0.15, -0.1) is 11.3 Å². The third kappa shape index (κ3) is 4.34. The highest BCUT2D eigenvalue weighted by atomic mass is 35.5. The molecule has 0 aliphatic rings. The molecule has 0 spiro atoms. The van der Waals surface area contributed by atoms with E-state index in [-0.39, 0.29) is 5.41 Å². The van der Waals surface area contributed by atoms with Crippen LogP contribution in [0.4, 0.5) is 0 Å². The Labute approximate surface area is 124 Å². The van der Waals surface area contributed by atoms with Crippen molar-refractivity contribution in [3.05, 3.63) is 56.7 Å². The van der Waals surface area contributed by atoms with Gasteiger partial charge >= 0.3 is 0 Å². The van der Waals surface area contributed by atoms with Crippen molar-refractivity contribution in [3.8, 4) is 0 Å². The molecule has 0 saturated carbocycles. The minimum Gasteiger partial charge on any atom is -0.308 e. The van der Waals surface area contributed by atoms with Gasteiger partial charge in [0.05, 0.1) is 0 Å². The highest BCUT2D eigenvalue weighted by molar-refractivity contribution is 7.12. The summed E-state index contributed by atoms with van der Waals surface area (Å²) in [6.07, 6.45) is 0. The van der Waals surface area contributed by atoms with Gasteiger partial charge in [0, 0.05) is 27.9 Å². The molecule has 2 aromatic rings. The fourth-order valence-corrected chi connectivity index (χ4v) is 2.97. The first-order chi connectivity index (χ1) is 8.95. The molecule has 0 bridgehead atoms. The van der Waals surface area contributed by atoms with Crippen molar-refractivity contribution in [1.82, 2.24) is 5.32 Å². The van der Waals surface area contributed by atoms with E-state index >= 15 is 0 Å². The second-order valence-corrected chi connectivity index (χ2v) is 7.35. The molecular formula is C16H20ClNS. The van der Waals surface area contributed by atoms with Crippen molar-refractivity contribution in [2.45, 2.75) is 39.3 Å². The Morgan fingerprint density at radius 1 is 1.00 bits per heavy atom. The number of hydrogen-bond donors (Lipinski definition) is 1. The molecule has 0 saturated heterocycles. The molecule has 1 aromatic carbocycles. The van der Waals surface area contributed by atoms with E-state index in [0.717, 1.165) is 18.1 Å². The Morgan fingerprint density at radius 3 is 2.26 bits per heavy atom. The summed E-state index contributed by atoms with van der Waals surface area (Å²) in [5.74, 6) is 0. The maximum Gasteiger partial charge on any atom is 0.0406 e. The van der Waals surface area contributed by atoms with Gasteiger partial charge < -0.3 is 5.32 Å². The molecule has 102 valence electrons. The fourth-order valence-electron chi connectivity index (χ4n) is 1.81. The number of hydrogen-bond acceptors (Lipinski definition) is 2. The molecule has 0 aliphatic carbocycles. The molecule has 1 nitrogen and oxygen atoms in total. The molecule has 0 unspecified atom stereocenters. The van der Waals surface area contributed by atoms with Crippen LogP contribution in [0.3, 0.4) is 0 Å². The molecule has 1 N–H and O–H groups in total. The molecule has 0 atom stereocenters. The zero-order chi connectivity index (χ0) is 13.9. The molecule has 0 radical (unpaired) electrons. The van der Waals surface area contributed by atoms with Gasteiger partial charge in [0.15, 0.2) is 0 Å². The Kier molecular flexibility index (Phi) is 4.67. The largest absolute Gasteiger partial charge is 0.308 e. The van der Waals surface area contributed by atoms with E-state index in [9.17, 15) is 0 Å². The number of halogens is 1. The third-order valence-electron chi connectivity index (χ3n) is 2.94. The van der Waals surface area contributed by atoms with Crippen molar-refractivity contribution >= 4 is 22.9 Å². The first-order valence-electron chi connectivity index (χ1n) is 6.49. The predicted octanol–water partition coefficient (Wildman–Crippen LogP) is 4.99. The Balaban J connectivity index is 1.86. The lowest BCUT2D eigenvalue weighted by atomic mass is 9.95. The molecule has 19 heavy (non-hydrogen) atoms. The fraction of sp³-hybridized carbons (Fsp3) is 0.375. The summed E-state index contributed by atoms with van der Waals surface area (Å²) in [6.45, 7) is 8.56. The van der Waals surface area contributed by atoms with Crippen LogP contribution >= 0.6 is 22.9 Å². The smallest absolute Gasteiger partial charge is 0.0406 e. The summed E-state index contributed by atoms with van der Waals surface area (Å²) in [5, 5.41) is 4.26. The van der Waals surface area contributed by atoms with Crippen molar-refractivity contribution in [2.24, 2.45) is 0 Å². The number of benzene rings is 1. The minimum absolute atomic E-state index is 0.249. The van der Waals surface area contributed by atoms with Crippen LogP contribution in [-0.2, 0) is 18.5 Å². The van der Waals surface area contributed by atoms with Crippen LogP contribution < -0.4 is 5.32 Å². The molecule has 0 fully saturated rings. The van der Waals surface area contributed by atoms with Gasteiger partial charge in [-0.2, -0.15) is 0 Å². The van der Waals surface area contributed by atoms with Crippen LogP contribution in [0.2, 0.25) is 5.02 Å². The predicted molar refractivity (Wildman–Crippen MR) is 85.0 cm³/mol. The molecular weight excluding hydrogens is 274 g/mol. The highest BCUT2D eigenvalue weighted by Crippen LogP contribution is 2.29. The van der Waals surface area contributed by atoms with Crippen LogP contribution in [0, 0.1) is 0 Å². The highest BCUT2D eigenvalue weighted by Gasteiger charge is 2.15. The maximum atomic E-state index is 5.87. The summed E-state index contributed by atoms with van der Waals surface area (Å²) in [6, 6.07) is 12.4. The Morgan fingerprint density at radius 2 is 1.68 bits per heavy atom. The molecule has 0 amide bonds. The van der Waals surface area contributed by atoms with Crippen LogP contribution in [0.5, 0.6) is 0 Å². The Hall–Kier alpha value is -0.830. The van der Waals surface area contributed by atoms with Crippen molar-refractivity contribution in [2.75, 3.05) is 0 Å². The number of thiophene rings is 1. The van der Waals surface area contributed by atoms with Gasteiger partial charge in [0.1, 0.15) is 0 Å². The van der Waals surface area contributed by atoms with Gasteiger partial charge in [0.25, 0.3) is 0 Å².